The number of nitrogen functional groups attached to an aromatic ring is 1. The van der Waals surface area contributed by atoms with Crippen LogP contribution < -0.4 is 10.5 Å². The van der Waals surface area contributed by atoms with Crippen LogP contribution in [0.4, 0.5) is 11.4 Å². The first-order chi connectivity index (χ1) is 8.92. The molecule has 19 heavy (non-hydrogen) atoms. The number of aromatic nitrogens is 1. The summed E-state index contributed by atoms with van der Waals surface area (Å²) in [5.74, 6) is 0. The Balaban J connectivity index is 2.28. The first-order valence-electron chi connectivity index (χ1n) is 5.76. The lowest BCUT2D eigenvalue weighted by Gasteiger charge is -2.09. The maximum atomic E-state index is 12.1. The molecule has 0 aliphatic carbocycles. The summed E-state index contributed by atoms with van der Waals surface area (Å²) in [5.41, 5.74) is 7.89. The molecule has 0 saturated carbocycles. The smallest absolute Gasteiger partial charge is 0.273 e. The van der Waals surface area contributed by atoms with Crippen molar-refractivity contribution in [2.45, 2.75) is 24.5 Å². The second-order valence-corrected chi connectivity index (χ2v) is 7.21. The van der Waals surface area contributed by atoms with Gasteiger partial charge in [0.2, 0.25) is 0 Å². The van der Waals surface area contributed by atoms with Crippen LogP contribution in [0.3, 0.4) is 0 Å². The van der Waals surface area contributed by atoms with Crippen LogP contribution in [0.5, 0.6) is 0 Å². The summed E-state index contributed by atoms with van der Waals surface area (Å²) < 4.78 is 26.9. The number of hydrogen-bond donors (Lipinski definition) is 2. The third-order valence-electron chi connectivity index (χ3n) is 2.64. The lowest BCUT2D eigenvalue weighted by Crippen LogP contribution is -2.11. The van der Waals surface area contributed by atoms with E-state index in [0.717, 1.165) is 23.3 Å². The molecule has 0 spiro atoms. The van der Waals surface area contributed by atoms with Crippen molar-refractivity contribution in [3.8, 4) is 0 Å². The van der Waals surface area contributed by atoms with Crippen LogP contribution in [-0.2, 0) is 16.4 Å². The third-order valence-corrected chi connectivity index (χ3v) is 5.40. The van der Waals surface area contributed by atoms with Gasteiger partial charge in [-0.25, -0.2) is 13.4 Å². The van der Waals surface area contributed by atoms with E-state index in [9.17, 15) is 8.42 Å². The highest BCUT2D eigenvalue weighted by Gasteiger charge is 2.17. The minimum absolute atomic E-state index is 0.197. The van der Waals surface area contributed by atoms with Crippen molar-refractivity contribution in [3.05, 3.63) is 35.0 Å². The number of hydrogen-bond acceptors (Lipinski definition) is 5. The molecule has 5 nitrogen and oxygen atoms in total. The average molecular weight is 297 g/mol. The fourth-order valence-electron chi connectivity index (χ4n) is 1.65. The zero-order valence-electron chi connectivity index (χ0n) is 10.7. The van der Waals surface area contributed by atoms with E-state index in [-0.39, 0.29) is 4.21 Å². The van der Waals surface area contributed by atoms with Gasteiger partial charge in [-0.3, -0.25) is 4.72 Å². The number of benzene rings is 1. The van der Waals surface area contributed by atoms with Crippen LogP contribution in [0.2, 0.25) is 0 Å². The number of nitrogens with one attached hydrogen (secondary N) is 1. The van der Waals surface area contributed by atoms with Gasteiger partial charge in [0.25, 0.3) is 10.0 Å². The van der Waals surface area contributed by atoms with Crippen molar-refractivity contribution in [1.29, 1.82) is 0 Å². The zero-order valence-corrected chi connectivity index (χ0v) is 12.3. The van der Waals surface area contributed by atoms with Gasteiger partial charge in [0.05, 0.1) is 16.9 Å². The number of anilines is 2. The van der Waals surface area contributed by atoms with Gasteiger partial charge >= 0.3 is 0 Å². The largest absolute Gasteiger partial charge is 0.398 e. The van der Waals surface area contributed by atoms with Crippen LogP contribution in [0, 0.1) is 6.92 Å². The highest BCUT2D eigenvalue weighted by atomic mass is 32.2. The molecule has 102 valence electrons. The van der Waals surface area contributed by atoms with E-state index in [2.05, 4.69) is 9.71 Å². The van der Waals surface area contributed by atoms with Gasteiger partial charge in [-0.15, -0.1) is 11.3 Å². The second kappa shape index (κ2) is 5.18. The predicted molar refractivity (Wildman–Crippen MR) is 77.9 cm³/mol. The molecule has 0 amide bonds. The molecule has 0 saturated heterocycles. The van der Waals surface area contributed by atoms with Crippen LogP contribution in [0.15, 0.2) is 28.6 Å². The topological polar surface area (TPSA) is 85.1 Å². The molecule has 0 aliphatic rings. The standard InChI is InChI=1S/C12H15N3O2S2/c1-3-9-4-5-10(6-11(9)13)15-19(16,17)12-7-14-8(2)18-12/h4-7,15H,3,13H2,1-2H3. The highest BCUT2D eigenvalue weighted by Crippen LogP contribution is 2.24. The molecule has 1 aromatic heterocycles. The first kappa shape index (κ1) is 13.8. The van der Waals surface area contributed by atoms with Crippen molar-refractivity contribution in [2.75, 3.05) is 10.5 Å². The number of nitrogens with two attached hydrogens (primary N) is 1. The molecule has 1 heterocycles. The molecule has 0 aliphatic heterocycles. The lowest BCUT2D eigenvalue weighted by molar-refractivity contribution is 0.603. The number of nitrogens with zero attached hydrogens (tertiary/aromatic N) is 1. The van der Waals surface area contributed by atoms with E-state index in [1.54, 1.807) is 19.1 Å². The van der Waals surface area contributed by atoms with Gasteiger partial charge in [0.1, 0.15) is 0 Å². The van der Waals surface area contributed by atoms with E-state index in [1.807, 2.05) is 13.0 Å². The molecular weight excluding hydrogens is 282 g/mol. The number of aryl methyl sites for hydroxylation is 2. The Morgan fingerprint density at radius 3 is 2.68 bits per heavy atom. The highest BCUT2D eigenvalue weighted by molar-refractivity contribution is 7.94. The molecule has 0 unspecified atom stereocenters. The van der Waals surface area contributed by atoms with Crippen molar-refractivity contribution < 1.29 is 8.42 Å². The Hall–Kier alpha value is -1.60. The van der Waals surface area contributed by atoms with E-state index in [4.69, 9.17) is 5.73 Å². The Morgan fingerprint density at radius 1 is 1.42 bits per heavy atom. The SMILES string of the molecule is CCc1ccc(NS(=O)(=O)c2cnc(C)s2)cc1N. The molecule has 2 aromatic rings. The summed E-state index contributed by atoms with van der Waals surface area (Å²) in [4.78, 5) is 3.94. The van der Waals surface area contributed by atoms with Crippen LogP contribution >= 0.6 is 11.3 Å². The first-order valence-corrected chi connectivity index (χ1v) is 8.06. The van der Waals surface area contributed by atoms with Gasteiger partial charge in [0.15, 0.2) is 4.21 Å². The van der Waals surface area contributed by atoms with Crippen LogP contribution in [0.25, 0.3) is 0 Å². The normalized spacial score (nSPS) is 11.5. The van der Waals surface area contributed by atoms with Gasteiger partial charge < -0.3 is 5.73 Å². The van der Waals surface area contributed by atoms with Gasteiger partial charge in [-0.1, -0.05) is 13.0 Å². The number of sulfonamides is 1. The Kier molecular flexibility index (Phi) is 3.77. The molecule has 7 heteroatoms. The van der Waals surface area contributed by atoms with Crippen molar-refractivity contribution in [1.82, 2.24) is 4.98 Å². The van der Waals surface area contributed by atoms with E-state index < -0.39 is 10.0 Å². The lowest BCUT2D eigenvalue weighted by atomic mass is 10.1. The molecule has 0 atom stereocenters. The van der Waals surface area contributed by atoms with E-state index >= 15 is 0 Å². The van der Waals surface area contributed by atoms with Crippen molar-refractivity contribution in [2.24, 2.45) is 0 Å². The summed E-state index contributed by atoms with van der Waals surface area (Å²) in [6.45, 7) is 3.76. The van der Waals surface area contributed by atoms with Crippen molar-refractivity contribution in [3.63, 3.8) is 0 Å². The molecule has 0 radical (unpaired) electrons. The number of thiazole rings is 1. The fourth-order valence-corrected chi connectivity index (χ4v) is 3.81. The molecule has 2 rings (SSSR count). The van der Waals surface area contributed by atoms with Crippen LogP contribution in [-0.4, -0.2) is 13.4 Å². The summed E-state index contributed by atoms with van der Waals surface area (Å²) >= 11 is 1.13. The van der Waals surface area contributed by atoms with E-state index in [1.165, 1.54) is 6.20 Å². The molecule has 0 bridgehead atoms. The Bertz CT molecular complexity index is 693. The maximum Gasteiger partial charge on any atom is 0.273 e. The second-order valence-electron chi connectivity index (χ2n) is 4.07. The predicted octanol–water partition coefficient (Wildman–Crippen LogP) is 2.40. The van der Waals surface area contributed by atoms with Gasteiger partial charge in [0, 0.05) is 5.69 Å². The minimum Gasteiger partial charge on any atom is -0.398 e. The minimum atomic E-state index is -3.58. The Morgan fingerprint density at radius 2 is 2.16 bits per heavy atom. The monoisotopic (exact) mass is 297 g/mol. The summed E-state index contributed by atoms with van der Waals surface area (Å²) in [5, 5.41) is 0.709. The summed E-state index contributed by atoms with van der Waals surface area (Å²) in [7, 11) is -3.58. The summed E-state index contributed by atoms with van der Waals surface area (Å²) in [6.07, 6.45) is 2.17. The van der Waals surface area contributed by atoms with E-state index in [0.29, 0.717) is 16.4 Å². The van der Waals surface area contributed by atoms with Crippen molar-refractivity contribution >= 4 is 32.7 Å². The molecular formula is C12H15N3O2S2. The molecule has 1 aromatic carbocycles. The third kappa shape index (κ3) is 3.05. The molecule has 3 N–H and O–H groups in total. The maximum absolute atomic E-state index is 12.1. The molecule has 0 fully saturated rings. The zero-order chi connectivity index (χ0) is 14.0. The van der Waals surface area contributed by atoms with Gasteiger partial charge in [-0.2, -0.15) is 0 Å². The summed E-state index contributed by atoms with van der Waals surface area (Å²) in [6, 6.07) is 5.16. The quantitative estimate of drug-likeness (QED) is 0.849. The Labute approximate surface area is 116 Å². The number of rotatable bonds is 4. The van der Waals surface area contributed by atoms with Gasteiger partial charge in [-0.05, 0) is 31.0 Å². The average Bonchev–Trinajstić information content (AvgIpc) is 2.76. The van der Waals surface area contributed by atoms with Crippen LogP contribution in [0.1, 0.15) is 17.5 Å². The fraction of sp³-hybridized carbons (Fsp3) is 0.250.